The van der Waals surface area contributed by atoms with Gasteiger partial charge in [0.25, 0.3) is 5.91 Å². The number of para-hydroxylation sites is 1. The molecule has 3 aromatic carbocycles. The summed E-state index contributed by atoms with van der Waals surface area (Å²) in [6.45, 7) is 4.00. The fourth-order valence-corrected chi connectivity index (χ4v) is 4.31. The molecule has 1 amide bonds. The van der Waals surface area contributed by atoms with Gasteiger partial charge in [-0.2, -0.15) is 0 Å². The summed E-state index contributed by atoms with van der Waals surface area (Å²) in [5.74, 6) is -0.885. The van der Waals surface area contributed by atoms with Gasteiger partial charge in [-0.05, 0) is 42.0 Å². The fraction of sp³-hybridized carbons (Fsp3) is 0.296. The first-order valence-corrected chi connectivity index (χ1v) is 11.4. The zero-order valence-corrected chi connectivity index (χ0v) is 19.2. The topological polar surface area (TPSA) is 38.8 Å². The van der Waals surface area contributed by atoms with Crippen molar-refractivity contribution in [3.63, 3.8) is 0 Å². The molecule has 1 aliphatic rings. The standard InChI is InChI=1S/C27H31FN4O/c1-30(2)22-14-12-21(13-15-22)26(20-29-27(33)24-10-6-7-11-25(24)28)32-18-16-31(17-19-32)23-8-4-3-5-9-23/h3-15,26H,16-20H2,1-2H3,(H,29,33)/t26-/m0/s1. The van der Waals surface area contributed by atoms with Crippen molar-refractivity contribution < 1.29 is 9.18 Å². The first-order valence-electron chi connectivity index (χ1n) is 11.4. The predicted molar refractivity (Wildman–Crippen MR) is 132 cm³/mol. The largest absolute Gasteiger partial charge is 0.378 e. The number of carbonyl (C=O) groups excluding carboxylic acids is 1. The van der Waals surface area contributed by atoms with Gasteiger partial charge in [0, 0.05) is 58.2 Å². The molecule has 0 unspecified atom stereocenters. The molecule has 1 aliphatic heterocycles. The summed E-state index contributed by atoms with van der Waals surface area (Å²) in [6, 6.07) is 25.0. The third kappa shape index (κ3) is 5.52. The maximum Gasteiger partial charge on any atom is 0.254 e. The highest BCUT2D eigenvalue weighted by Crippen LogP contribution is 2.26. The monoisotopic (exact) mass is 446 g/mol. The third-order valence-electron chi connectivity index (χ3n) is 6.25. The highest BCUT2D eigenvalue weighted by molar-refractivity contribution is 5.94. The number of benzene rings is 3. The molecule has 1 N–H and O–H groups in total. The van der Waals surface area contributed by atoms with Crippen LogP contribution in [0.1, 0.15) is 22.0 Å². The van der Waals surface area contributed by atoms with Gasteiger partial charge in [-0.25, -0.2) is 4.39 Å². The van der Waals surface area contributed by atoms with E-state index in [1.165, 1.54) is 17.8 Å². The van der Waals surface area contributed by atoms with Crippen molar-refractivity contribution in [3.8, 4) is 0 Å². The van der Waals surface area contributed by atoms with Crippen LogP contribution in [0.2, 0.25) is 0 Å². The number of hydrogen-bond donors (Lipinski definition) is 1. The molecule has 1 heterocycles. The Hall–Kier alpha value is -3.38. The van der Waals surface area contributed by atoms with Crippen molar-refractivity contribution in [1.29, 1.82) is 0 Å². The maximum absolute atomic E-state index is 14.1. The number of rotatable bonds is 7. The van der Waals surface area contributed by atoms with Gasteiger partial charge in [-0.15, -0.1) is 0 Å². The highest BCUT2D eigenvalue weighted by atomic mass is 19.1. The van der Waals surface area contributed by atoms with E-state index in [0.717, 1.165) is 37.4 Å². The Morgan fingerprint density at radius 1 is 0.909 bits per heavy atom. The van der Waals surface area contributed by atoms with Crippen LogP contribution in [0.15, 0.2) is 78.9 Å². The molecule has 0 aromatic heterocycles. The lowest BCUT2D eigenvalue weighted by Crippen LogP contribution is -2.50. The van der Waals surface area contributed by atoms with Crippen LogP contribution in [0.4, 0.5) is 15.8 Å². The van der Waals surface area contributed by atoms with Crippen LogP contribution >= 0.6 is 0 Å². The van der Waals surface area contributed by atoms with Crippen LogP contribution in [0.25, 0.3) is 0 Å². The highest BCUT2D eigenvalue weighted by Gasteiger charge is 2.26. The average Bonchev–Trinajstić information content (AvgIpc) is 2.85. The summed E-state index contributed by atoms with van der Waals surface area (Å²) >= 11 is 0. The molecule has 6 heteroatoms. The van der Waals surface area contributed by atoms with Crippen LogP contribution in [0, 0.1) is 5.82 Å². The number of nitrogens with one attached hydrogen (secondary N) is 1. The Morgan fingerprint density at radius 3 is 2.18 bits per heavy atom. The quantitative estimate of drug-likeness (QED) is 0.591. The molecule has 1 fully saturated rings. The molecular formula is C27H31FN4O. The smallest absolute Gasteiger partial charge is 0.254 e. The van der Waals surface area contributed by atoms with E-state index in [1.54, 1.807) is 12.1 Å². The van der Waals surface area contributed by atoms with Crippen LogP contribution in [-0.4, -0.2) is 57.6 Å². The number of hydrogen-bond acceptors (Lipinski definition) is 4. The van der Waals surface area contributed by atoms with Gasteiger partial charge in [-0.3, -0.25) is 9.69 Å². The van der Waals surface area contributed by atoms with E-state index in [2.05, 4.69) is 68.5 Å². The predicted octanol–water partition coefficient (Wildman–Crippen LogP) is 4.19. The summed E-state index contributed by atoms with van der Waals surface area (Å²) < 4.78 is 14.1. The molecule has 0 radical (unpaired) electrons. The molecule has 0 aliphatic carbocycles. The van der Waals surface area contributed by atoms with Crippen LogP contribution < -0.4 is 15.1 Å². The van der Waals surface area contributed by atoms with Gasteiger partial charge in [0.1, 0.15) is 5.82 Å². The first kappa shape index (κ1) is 22.8. The summed E-state index contributed by atoms with van der Waals surface area (Å²) in [7, 11) is 4.04. The number of carbonyl (C=O) groups is 1. The van der Waals surface area contributed by atoms with E-state index in [1.807, 2.05) is 20.2 Å². The molecule has 1 atom stereocenters. The molecule has 4 rings (SSSR count). The Bertz CT molecular complexity index is 1050. The molecule has 0 spiro atoms. The van der Waals surface area contributed by atoms with Gasteiger partial charge < -0.3 is 15.1 Å². The van der Waals surface area contributed by atoms with E-state index >= 15 is 0 Å². The maximum atomic E-state index is 14.1. The minimum Gasteiger partial charge on any atom is -0.378 e. The zero-order valence-electron chi connectivity index (χ0n) is 19.2. The number of piperazine rings is 1. The Labute approximate surface area is 195 Å². The molecule has 0 saturated carbocycles. The second-order valence-electron chi connectivity index (χ2n) is 8.55. The minimum absolute atomic E-state index is 0.00913. The van der Waals surface area contributed by atoms with Crippen molar-refractivity contribution in [2.75, 3.05) is 56.6 Å². The number of halogens is 1. The Kier molecular flexibility index (Phi) is 7.25. The van der Waals surface area contributed by atoms with Crippen LogP contribution in [-0.2, 0) is 0 Å². The second kappa shape index (κ2) is 10.5. The summed E-state index contributed by atoms with van der Waals surface area (Å²) in [5, 5.41) is 2.97. The van der Waals surface area contributed by atoms with Crippen molar-refractivity contribution in [2.45, 2.75) is 6.04 Å². The number of nitrogens with zero attached hydrogens (tertiary/aromatic N) is 3. The van der Waals surface area contributed by atoms with Gasteiger partial charge in [0.05, 0.1) is 11.6 Å². The second-order valence-corrected chi connectivity index (χ2v) is 8.55. The molecule has 1 saturated heterocycles. The van der Waals surface area contributed by atoms with Gasteiger partial charge >= 0.3 is 0 Å². The van der Waals surface area contributed by atoms with Crippen LogP contribution in [0.5, 0.6) is 0 Å². The van der Waals surface area contributed by atoms with E-state index in [4.69, 9.17) is 0 Å². The normalized spacial score (nSPS) is 15.2. The number of amides is 1. The van der Waals surface area contributed by atoms with E-state index in [-0.39, 0.29) is 17.5 Å². The first-order chi connectivity index (χ1) is 16.0. The molecular weight excluding hydrogens is 415 g/mol. The van der Waals surface area contributed by atoms with Gasteiger partial charge in [0.15, 0.2) is 0 Å². The summed E-state index contributed by atoms with van der Waals surface area (Å²) in [5.41, 5.74) is 3.58. The summed E-state index contributed by atoms with van der Waals surface area (Å²) in [6.07, 6.45) is 0. The van der Waals surface area contributed by atoms with Crippen molar-refractivity contribution in [2.24, 2.45) is 0 Å². The van der Waals surface area contributed by atoms with E-state index in [9.17, 15) is 9.18 Å². The average molecular weight is 447 g/mol. The van der Waals surface area contributed by atoms with Crippen molar-refractivity contribution in [3.05, 3.63) is 95.8 Å². The lowest BCUT2D eigenvalue weighted by Gasteiger charge is -2.40. The lowest BCUT2D eigenvalue weighted by atomic mass is 10.0. The van der Waals surface area contributed by atoms with E-state index in [0.29, 0.717) is 6.54 Å². The Balaban J connectivity index is 1.49. The Morgan fingerprint density at radius 2 is 1.55 bits per heavy atom. The van der Waals surface area contributed by atoms with Gasteiger partial charge in [-0.1, -0.05) is 42.5 Å². The fourth-order valence-electron chi connectivity index (χ4n) is 4.31. The lowest BCUT2D eigenvalue weighted by molar-refractivity contribution is 0.0926. The van der Waals surface area contributed by atoms with Gasteiger partial charge in [0.2, 0.25) is 0 Å². The minimum atomic E-state index is -0.502. The third-order valence-corrected chi connectivity index (χ3v) is 6.25. The molecule has 0 bridgehead atoms. The van der Waals surface area contributed by atoms with Crippen molar-refractivity contribution >= 4 is 17.3 Å². The molecule has 33 heavy (non-hydrogen) atoms. The summed E-state index contributed by atoms with van der Waals surface area (Å²) in [4.78, 5) is 19.5. The molecule has 5 nitrogen and oxygen atoms in total. The molecule has 3 aromatic rings. The SMILES string of the molecule is CN(C)c1ccc([C@H](CNC(=O)c2ccccc2F)N2CCN(c3ccccc3)CC2)cc1. The van der Waals surface area contributed by atoms with Crippen LogP contribution in [0.3, 0.4) is 0 Å². The van der Waals surface area contributed by atoms with Crippen molar-refractivity contribution in [1.82, 2.24) is 10.2 Å². The van der Waals surface area contributed by atoms with E-state index < -0.39 is 5.82 Å². The molecule has 172 valence electrons. The number of anilines is 2. The zero-order chi connectivity index (χ0) is 23.2.